The Morgan fingerprint density at radius 2 is 2.09 bits per heavy atom. The Bertz CT molecular complexity index is 785. The first-order valence-electron chi connectivity index (χ1n) is 7.51. The summed E-state index contributed by atoms with van der Waals surface area (Å²) in [5.74, 6) is -0.450. The van der Waals surface area contributed by atoms with E-state index in [4.69, 9.17) is 0 Å². The molecule has 1 N–H and O–H groups in total. The molecule has 0 radical (unpaired) electrons. The van der Waals surface area contributed by atoms with Crippen LogP contribution in [0.3, 0.4) is 0 Å². The molecule has 1 saturated heterocycles. The standard InChI is InChI=1S/C16H18N2O3S2/c19-16(13-7-9-23(20,21)11-13)17-8-6-15-18-14(10-22-15)12-4-2-1-3-5-12/h1-5,10,13H,6-9,11H2,(H,17,19)/t13-/m0/s1. The van der Waals surface area contributed by atoms with Crippen molar-refractivity contribution < 1.29 is 13.2 Å². The molecule has 122 valence electrons. The van der Waals surface area contributed by atoms with Gasteiger partial charge in [-0.2, -0.15) is 0 Å². The zero-order chi connectivity index (χ0) is 16.3. The molecule has 23 heavy (non-hydrogen) atoms. The van der Waals surface area contributed by atoms with Crippen LogP contribution in [-0.4, -0.2) is 37.4 Å². The molecule has 1 amide bonds. The van der Waals surface area contributed by atoms with E-state index in [-0.39, 0.29) is 17.4 Å². The molecule has 0 aliphatic carbocycles. The molecule has 5 nitrogen and oxygen atoms in total. The van der Waals surface area contributed by atoms with Crippen LogP contribution in [0.5, 0.6) is 0 Å². The number of aromatic nitrogens is 1. The summed E-state index contributed by atoms with van der Waals surface area (Å²) in [4.78, 5) is 16.5. The van der Waals surface area contributed by atoms with Gasteiger partial charge >= 0.3 is 0 Å². The van der Waals surface area contributed by atoms with Gasteiger partial charge < -0.3 is 5.32 Å². The maximum Gasteiger partial charge on any atom is 0.224 e. The van der Waals surface area contributed by atoms with Crippen LogP contribution in [0.1, 0.15) is 11.4 Å². The Kier molecular flexibility index (Phi) is 4.77. The largest absolute Gasteiger partial charge is 0.355 e. The van der Waals surface area contributed by atoms with Crippen molar-refractivity contribution >= 4 is 27.1 Å². The minimum Gasteiger partial charge on any atom is -0.355 e. The third-order valence-corrected chi connectivity index (χ3v) is 6.54. The van der Waals surface area contributed by atoms with E-state index >= 15 is 0 Å². The molecule has 1 aromatic carbocycles. The number of carbonyl (C=O) groups excluding carboxylic acids is 1. The fourth-order valence-electron chi connectivity index (χ4n) is 2.61. The number of hydrogen-bond acceptors (Lipinski definition) is 5. The zero-order valence-corrected chi connectivity index (χ0v) is 14.2. The van der Waals surface area contributed by atoms with Crippen molar-refractivity contribution in [3.05, 3.63) is 40.7 Å². The smallest absolute Gasteiger partial charge is 0.224 e. The molecule has 0 spiro atoms. The van der Waals surface area contributed by atoms with E-state index in [9.17, 15) is 13.2 Å². The summed E-state index contributed by atoms with van der Waals surface area (Å²) >= 11 is 1.57. The van der Waals surface area contributed by atoms with Gasteiger partial charge in [-0.3, -0.25) is 4.79 Å². The van der Waals surface area contributed by atoms with Crippen LogP contribution in [0.15, 0.2) is 35.7 Å². The van der Waals surface area contributed by atoms with Gasteiger partial charge in [0.15, 0.2) is 9.84 Å². The average Bonchev–Trinajstić information content (AvgIpc) is 3.14. The van der Waals surface area contributed by atoms with Crippen molar-refractivity contribution in [1.82, 2.24) is 10.3 Å². The predicted octanol–water partition coefficient (Wildman–Crippen LogP) is 1.90. The highest BCUT2D eigenvalue weighted by atomic mass is 32.2. The normalized spacial score (nSPS) is 19.6. The van der Waals surface area contributed by atoms with Crippen molar-refractivity contribution in [3.8, 4) is 11.3 Å². The second-order valence-corrected chi connectivity index (χ2v) is 8.80. The van der Waals surface area contributed by atoms with Gasteiger partial charge in [-0.1, -0.05) is 30.3 Å². The van der Waals surface area contributed by atoms with Gasteiger partial charge in [0.05, 0.1) is 28.1 Å². The lowest BCUT2D eigenvalue weighted by Crippen LogP contribution is -2.32. The van der Waals surface area contributed by atoms with E-state index in [0.717, 1.165) is 16.3 Å². The monoisotopic (exact) mass is 350 g/mol. The van der Waals surface area contributed by atoms with Gasteiger partial charge in [-0.15, -0.1) is 11.3 Å². The number of hydrogen-bond donors (Lipinski definition) is 1. The van der Waals surface area contributed by atoms with Crippen molar-refractivity contribution in [2.24, 2.45) is 5.92 Å². The number of thiazole rings is 1. The number of nitrogens with one attached hydrogen (secondary N) is 1. The Morgan fingerprint density at radius 3 is 2.78 bits per heavy atom. The molecule has 7 heteroatoms. The molecule has 1 atom stereocenters. The third-order valence-electron chi connectivity index (χ3n) is 3.86. The minimum atomic E-state index is -3.02. The molecule has 0 saturated carbocycles. The molecule has 1 aromatic heterocycles. The molecule has 0 bridgehead atoms. The Balaban J connectivity index is 1.50. The van der Waals surface area contributed by atoms with Crippen molar-refractivity contribution in [3.63, 3.8) is 0 Å². The number of amides is 1. The molecule has 2 aromatic rings. The SMILES string of the molecule is O=C(NCCc1nc(-c2ccccc2)cs1)[C@H]1CCS(=O)(=O)C1. The maximum absolute atomic E-state index is 12.0. The lowest BCUT2D eigenvalue weighted by Gasteiger charge is -2.08. The summed E-state index contributed by atoms with van der Waals surface area (Å²) in [5, 5.41) is 5.79. The fourth-order valence-corrected chi connectivity index (χ4v) is 5.15. The van der Waals surface area contributed by atoms with Gasteiger partial charge in [-0.25, -0.2) is 13.4 Å². The number of rotatable bonds is 5. The predicted molar refractivity (Wildman–Crippen MR) is 91.0 cm³/mol. The Labute approximate surface area is 139 Å². The van der Waals surface area contributed by atoms with E-state index in [1.807, 2.05) is 35.7 Å². The first-order valence-corrected chi connectivity index (χ1v) is 10.2. The Morgan fingerprint density at radius 1 is 1.30 bits per heavy atom. The Hall–Kier alpha value is -1.73. The molecular weight excluding hydrogens is 332 g/mol. The van der Waals surface area contributed by atoms with Gasteiger partial charge in [0.1, 0.15) is 0 Å². The van der Waals surface area contributed by atoms with Crippen LogP contribution in [0, 0.1) is 5.92 Å². The van der Waals surface area contributed by atoms with Gasteiger partial charge in [-0.05, 0) is 6.42 Å². The highest BCUT2D eigenvalue weighted by molar-refractivity contribution is 7.91. The summed E-state index contributed by atoms with van der Waals surface area (Å²) in [6, 6.07) is 9.95. The molecule has 2 heterocycles. The molecule has 1 fully saturated rings. The van der Waals surface area contributed by atoms with E-state index in [2.05, 4.69) is 10.3 Å². The summed E-state index contributed by atoms with van der Waals surface area (Å²) in [6.45, 7) is 0.483. The van der Waals surface area contributed by atoms with Gasteiger partial charge in [0, 0.05) is 23.9 Å². The first-order chi connectivity index (χ1) is 11.0. The average molecular weight is 350 g/mol. The highest BCUT2D eigenvalue weighted by Crippen LogP contribution is 2.22. The lowest BCUT2D eigenvalue weighted by atomic mass is 10.1. The topological polar surface area (TPSA) is 76.1 Å². The van der Waals surface area contributed by atoms with Crippen LogP contribution in [0.2, 0.25) is 0 Å². The highest BCUT2D eigenvalue weighted by Gasteiger charge is 2.32. The summed E-state index contributed by atoms with van der Waals surface area (Å²) in [5.41, 5.74) is 2.02. The number of carbonyl (C=O) groups is 1. The second-order valence-electron chi connectivity index (χ2n) is 5.63. The summed E-state index contributed by atoms with van der Waals surface area (Å²) < 4.78 is 22.8. The van der Waals surface area contributed by atoms with E-state index in [0.29, 0.717) is 19.4 Å². The van der Waals surface area contributed by atoms with Crippen molar-refractivity contribution in [2.75, 3.05) is 18.1 Å². The molecule has 3 rings (SSSR count). The van der Waals surface area contributed by atoms with E-state index < -0.39 is 15.8 Å². The van der Waals surface area contributed by atoms with Crippen LogP contribution in [-0.2, 0) is 21.1 Å². The van der Waals surface area contributed by atoms with Gasteiger partial charge in [0.25, 0.3) is 0 Å². The molecular formula is C16H18N2O3S2. The fraction of sp³-hybridized carbons (Fsp3) is 0.375. The summed E-state index contributed by atoms with van der Waals surface area (Å²) in [7, 11) is -3.02. The lowest BCUT2D eigenvalue weighted by molar-refractivity contribution is -0.124. The van der Waals surface area contributed by atoms with Crippen LogP contribution in [0.4, 0.5) is 0 Å². The minimum absolute atomic E-state index is 0.0196. The van der Waals surface area contributed by atoms with Gasteiger partial charge in [0.2, 0.25) is 5.91 Å². The quantitative estimate of drug-likeness (QED) is 0.894. The van der Waals surface area contributed by atoms with Crippen LogP contribution >= 0.6 is 11.3 Å². The zero-order valence-electron chi connectivity index (χ0n) is 12.6. The molecule has 0 unspecified atom stereocenters. The number of nitrogens with zero attached hydrogens (tertiary/aromatic N) is 1. The van der Waals surface area contributed by atoms with Crippen LogP contribution in [0.25, 0.3) is 11.3 Å². The maximum atomic E-state index is 12.0. The number of sulfone groups is 1. The van der Waals surface area contributed by atoms with Crippen molar-refractivity contribution in [2.45, 2.75) is 12.8 Å². The van der Waals surface area contributed by atoms with Crippen molar-refractivity contribution in [1.29, 1.82) is 0 Å². The number of benzene rings is 1. The van der Waals surface area contributed by atoms with E-state index in [1.165, 1.54) is 0 Å². The summed E-state index contributed by atoms with van der Waals surface area (Å²) in [6.07, 6.45) is 1.09. The van der Waals surface area contributed by atoms with Crippen LogP contribution < -0.4 is 5.32 Å². The second kappa shape index (κ2) is 6.80. The molecule has 1 aliphatic heterocycles. The first kappa shape index (κ1) is 16.1. The molecule has 1 aliphatic rings. The third kappa shape index (κ3) is 4.17. The van der Waals surface area contributed by atoms with E-state index in [1.54, 1.807) is 11.3 Å².